The number of nitrogens with zero attached hydrogens (tertiary/aromatic N) is 4. The summed E-state index contributed by atoms with van der Waals surface area (Å²) >= 11 is 5.19. The van der Waals surface area contributed by atoms with Gasteiger partial charge in [0.05, 0.1) is 0 Å². The number of hydrogen-bond donors (Lipinski definition) is 1. The van der Waals surface area contributed by atoms with Gasteiger partial charge in [0.25, 0.3) is 0 Å². The van der Waals surface area contributed by atoms with Crippen LogP contribution in [0.3, 0.4) is 0 Å². The van der Waals surface area contributed by atoms with E-state index in [-0.39, 0.29) is 0 Å². The molecule has 92 valence electrons. The Morgan fingerprint density at radius 3 is 2.88 bits per heavy atom. The molecular formula is C10H15N5OS. The lowest BCUT2D eigenvalue weighted by Crippen LogP contribution is -2.07. The van der Waals surface area contributed by atoms with E-state index in [1.54, 1.807) is 6.92 Å². The lowest BCUT2D eigenvalue weighted by molar-refractivity contribution is 0.386. The molecule has 2 rings (SSSR count). The maximum atomic E-state index is 5.19. The zero-order chi connectivity index (χ0) is 12.3. The van der Waals surface area contributed by atoms with Gasteiger partial charge in [-0.15, -0.1) is 0 Å². The number of aromatic amines is 1. The van der Waals surface area contributed by atoms with E-state index in [9.17, 15) is 0 Å². The van der Waals surface area contributed by atoms with E-state index < -0.39 is 0 Å². The Morgan fingerprint density at radius 2 is 2.24 bits per heavy atom. The largest absolute Gasteiger partial charge is 0.340 e. The molecule has 0 spiro atoms. The monoisotopic (exact) mass is 253 g/mol. The van der Waals surface area contributed by atoms with Crippen molar-refractivity contribution in [1.29, 1.82) is 0 Å². The van der Waals surface area contributed by atoms with Gasteiger partial charge in [-0.05, 0) is 18.6 Å². The fourth-order valence-electron chi connectivity index (χ4n) is 1.65. The molecule has 0 radical (unpaired) electrons. The van der Waals surface area contributed by atoms with Gasteiger partial charge >= 0.3 is 0 Å². The highest BCUT2D eigenvalue weighted by atomic mass is 32.1. The molecule has 0 saturated carbocycles. The van der Waals surface area contributed by atoms with Gasteiger partial charge in [0.2, 0.25) is 5.89 Å². The van der Waals surface area contributed by atoms with Crippen LogP contribution >= 0.6 is 12.2 Å². The van der Waals surface area contributed by atoms with Crippen molar-refractivity contribution >= 4 is 12.2 Å². The Kier molecular flexibility index (Phi) is 3.68. The minimum atomic E-state index is 0.588. The van der Waals surface area contributed by atoms with E-state index in [4.69, 9.17) is 16.7 Å². The van der Waals surface area contributed by atoms with Crippen LogP contribution in [0, 0.1) is 11.7 Å². The van der Waals surface area contributed by atoms with Crippen LogP contribution in [0.2, 0.25) is 0 Å². The fourth-order valence-corrected chi connectivity index (χ4v) is 1.89. The quantitative estimate of drug-likeness (QED) is 0.823. The average molecular weight is 253 g/mol. The van der Waals surface area contributed by atoms with E-state index >= 15 is 0 Å². The van der Waals surface area contributed by atoms with E-state index in [0.29, 0.717) is 22.9 Å². The van der Waals surface area contributed by atoms with Gasteiger partial charge in [-0.25, -0.2) is 0 Å². The predicted octanol–water partition coefficient (Wildman–Crippen LogP) is 1.83. The molecule has 0 aliphatic rings. The van der Waals surface area contributed by atoms with E-state index in [1.165, 1.54) is 0 Å². The zero-order valence-corrected chi connectivity index (χ0v) is 10.8. The Labute approximate surface area is 104 Å². The highest BCUT2D eigenvalue weighted by Gasteiger charge is 2.07. The SMILES string of the molecule is CCCc1n[nH]c(=S)n1CCc1noc(C)n1. The smallest absolute Gasteiger partial charge is 0.223 e. The van der Waals surface area contributed by atoms with Crippen molar-refractivity contribution in [2.45, 2.75) is 39.7 Å². The highest BCUT2D eigenvalue weighted by Crippen LogP contribution is 2.04. The van der Waals surface area contributed by atoms with Crippen LogP contribution in [0.15, 0.2) is 4.52 Å². The van der Waals surface area contributed by atoms with Crippen LogP contribution in [-0.4, -0.2) is 24.9 Å². The third-order valence-corrected chi connectivity index (χ3v) is 2.75. The van der Waals surface area contributed by atoms with Crippen LogP contribution in [0.1, 0.15) is 30.9 Å². The van der Waals surface area contributed by atoms with E-state index in [0.717, 1.165) is 25.2 Å². The molecule has 0 amide bonds. The van der Waals surface area contributed by atoms with Crippen LogP contribution in [0.4, 0.5) is 0 Å². The summed E-state index contributed by atoms with van der Waals surface area (Å²) in [4.78, 5) is 4.16. The summed E-state index contributed by atoms with van der Waals surface area (Å²) in [6.07, 6.45) is 2.65. The molecule has 0 aliphatic carbocycles. The van der Waals surface area contributed by atoms with Crippen molar-refractivity contribution in [3.05, 3.63) is 22.3 Å². The van der Waals surface area contributed by atoms with Crippen molar-refractivity contribution < 1.29 is 4.52 Å². The topological polar surface area (TPSA) is 72.5 Å². The maximum Gasteiger partial charge on any atom is 0.223 e. The summed E-state index contributed by atoms with van der Waals surface area (Å²) in [6, 6.07) is 0. The molecule has 2 aromatic rings. The maximum absolute atomic E-state index is 5.19. The molecule has 0 unspecified atom stereocenters. The number of H-pyrrole nitrogens is 1. The Bertz CT molecular complexity index is 541. The first kappa shape index (κ1) is 12.0. The summed E-state index contributed by atoms with van der Waals surface area (Å²) in [5.41, 5.74) is 0. The van der Waals surface area contributed by atoms with Gasteiger partial charge in [0.1, 0.15) is 5.82 Å². The first-order chi connectivity index (χ1) is 8.20. The molecule has 2 aromatic heterocycles. The first-order valence-electron chi connectivity index (χ1n) is 5.64. The van der Waals surface area contributed by atoms with Gasteiger partial charge in [0, 0.05) is 26.3 Å². The fraction of sp³-hybridized carbons (Fsp3) is 0.600. The van der Waals surface area contributed by atoms with E-state index in [1.807, 2.05) is 4.57 Å². The second-order valence-corrected chi connectivity index (χ2v) is 4.21. The summed E-state index contributed by atoms with van der Waals surface area (Å²) in [7, 11) is 0. The summed E-state index contributed by atoms with van der Waals surface area (Å²) < 4.78 is 7.56. The van der Waals surface area contributed by atoms with Gasteiger partial charge in [0.15, 0.2) is 10.6 Å². The number of rotatable bonds is 5. The Balaban J connectivity index is 2.08. The summed E-state index contributed by atoms with van der Waals surface area (Å²) in [5, 5.41) is 10.9. The molecule has 17 heavy (non-hydrogen) atoms. The lowest BCUT2D eigenvalue weighted by Gasteiger charge is -2.03. The van der Waals surface area contributed by atoms with Crippen molar-refractivity contribution in [2.24, 2.45) is 0 Å². The predicted molar refractivity (Wildman–Crippen MR) is 64.1 cm³/mol. The highest BCUT2D eigenvalue weighted by molar-refractivity contribution is 7.71. The average Bonchev–Trinajstić information content (AvgIpc) is 2.85. The number of hydrogen-bond acceptors (Lipinski definition) is 5. The third kappa shape index (κ3) is 2.79. The molecule has 0 aliphatic heterocycles. The van der Waals surface area contributed by atoms with Crippen molar-refractivity contribution in [3.8, 4) is 0 Å². The molecular weight excluding hydrogens is 238 g/mol. The molecule has 0 bridgehead atoms. The second-order valence-electron chi connectivity index (χ2n) is 3.83. The van der Waals surface area contributed by atoms with Crippen molar-refractivity contribution in [2.75, 3.05) is 0 Å². The first-order valence-corrected chi connectivity index (χ1v) is 6.04. The van der Waals surface area contributed by atoms with Gasteiger partial charge in [-0.2, -0.15) is 10.1 Å². The van der Waals surface area contributed by atoms with Gasteiger partial charge < -0.3 is 9.09 Å². The lowest BCUT2D eigenvalue weighted by atomic mass is 10.3. The third-order valence-electron chi connectivity index (χ3n) is 2.44. The number of aromatic nitrogens is 5. The van der Waals surface area contributed by atoms with Crippen LogP contribution < -0.4 is 0 Å². The molecule has 0 saturated heterocycles. The molecule has 1 N–H and O–H groups in total. The summed E-state index contributed by atoms with van der Waals surface area (Å²) in [6.45, 7) is 4.62. The minimum absolute atomic E-state index is 0.588. The molecule has 2 heterocycles. The molecule has 0 atom stereocenters. The van der Waals surface area contributed by atoms with Gasteiger partial charge in [-0.1, -0.05) is 12.1 Å². The van der Waals surface area contributed by atoms with Crippen LogP contribution in [-0.2, 0) is 19.4 Å². The van der Waals surface area contributed by atoms with Crippen molar-refractivity contribution in [1.82, 2.24) is 24.9 Å². The van der Waals surface area contributed by atoms with Crippen molar-refractivity contribution in [3.63, 3.8) is 0 Å². The standard InChI is InChI=1S/C10H15N5OS/c1-3-4-9-12-13-10(17)15(9)6-5-8-11-7(2)16-14-8/h3-6H2,1-2H3,(H,13,17). The van der Waals surface area contributed by atoms with E-state index in [2.05, 4.69) is 27.3 Å². The normalized spacial score (nSPS) is 10.9. The number of nitrogens with one attached hydrogen (secondary N) is 1. The van der Waals surface area contributed by atoms with Crippen LogP contribution in [0.25, 0.3) is 0 Å². The molecule has 0 fully saturated rings. The Morgan fingerprint density at radius 1 is 1.41 bits per heavy atom. The number of aryl methyl sites for hydroxylation is 3. The molecule has 7 heteroatoms. The minimum Gasteiger partial charge on any atom is -0.340 e. The second kappa shape index (κ2) is 5.22. The molecule has 6 nitrogen and oxygen atoms in total. The summed E-state index contributed by atoms with van der Waals surface area (Å²) in [5.74, 6) is 2.27. The molecule has 0 aromatic carbocycles. The zero-order valence-electron chi connectivity index (χ0n) is 9.93. The van der Waals surface area contributed by atoms with Crippen LogP contribution in [0.5, 0.6) is 0 Å². The van der Waals surface area contributed by atoms with Gasteiger partial charge in [-0.3, -0.25) is 5.10 Å². The Hall–Kier alpha value is -1.50.